The lowest BCUT2D eigenvalue weighted by molar-refractivity contribution is 0.257. The molecule has 1 rings (SSSR count). The van der Waals surface area contributed by atoms with Crippen LogP contribution in [0.3, 0.4) is 0 Å². The monoisotopic (exact) mass is 250 g/mol. The van der Waals surface area contributed by atoms with E-state index in [1.54, 1.807) is 14.2 Å². The van der Waals surface area contributed by atoms with Gasteiger partial charge in [0.25, 0.3) is 0 Å². The first-order valence-electron chi connectivity index (χ1n) is 6.52. The molecule has 1 unspecified atom stereocenters. The Hall–Kier alpha value is -1.18. The molecular weight excluding hydrogens is 224 g/mol. The molecule has 0 saturated heterocycles. The second-order valence-electron chi connectivity index (χ2n) is 6.23. The number of ether oxygens (including phenoxy) is 2. The Kier molecular flexibility index (Phi) is 4.66. The fourth-order valence-corrected chi connectivity index (χ4v) is 2.89. The van der Waals surface area contributed by atoms with Gasteiger partial charge in [-0.15, -0.1) is 0 Å². The van der Waals surface area contributed by atoms with Crippen molar-refractivity contribution >= 4 is 0 Å². The van der Waals surface area contributed by atoms with E-state index in [4.69, 9.17) is 9.47 Å². The van der Waals surface area contributed by atoms with Crippen LogP contribution in [-0.2, 0) is 0 Å². The summed E-state index contributed by atoms with van der Waals surface area (Å²) >= 11 is 0. The maximum Gasteiger partial charge on any atom is 0.122 e. The molecule has 0 aliphatic heterocycles. The zero-order valence-corrected chi connectivity index (χ0v) is 12.7. The predicted molar refractivity (Wildman–Crippen MR) is 76.6 cm³/mol. The largest absolute Gasteiger partial charge is 0.497 e. The molecule has 18 heavy (non-hydrogen) atoms. The van der Waals surface area contributed by atoms with Crippen molar-refractivity contribution in [2.75, 3.05) is 14.2 Å². The average Bonchev–Trinajstić information content (AvgIpc) is 2.26. The highest BCUT2D eigenvalue weighted by Crippen LogP contribution is 2.42. The Morgan fingerprint density at radius 1 is 0.889 bits per heavy atom. The molecule has 0 spiro atoms. The van der Waals surface area contributed by atoms with Gasteiger partial charge in [0, 0.05) is 6.07 Å². The van der Waals surface area contributed by atoms with Crippen molar-refractivity contribution in [1.82, 2.24) is 0 Å². The highest BCUT2D eigenvalue weighted by molar-refractivity contribution is 5.40. The van der Waals surface area contributed by atoms with E-state index in [2.05, 4.69) is 46.8 Å². The minimum atomic E-state index is 0.214. The Labute approximate surface area is 111 Å². The van der Waals surface area contributed by atoms with Crippen LogP contribution in [0.25, 0.3) is 0 Å². The summed E-state index contributed by atoms with van der Waals surface area (Å²) in [6.45, 7) is 11.4. The molecule has 1 aromatic rings. The molecule has 0 N–H and O–H groups in total. The van der Waals surface area contributed by atoms with Gasteiger partial charge in [-0.05, 0) is 34.9 Å². The van der Waals surface area contributed by atoms with Crippen molar-refractivity contribution in [1.29, 1.82) is 0 Å². The van der Waals surface area contributed by atoms with Crippen LogP contribution in [0.5, 0.6) is 11.5 Å². The predicted octanol–water partition coefficient (Wildman–Crippen LogP) is 4.49. The third-order valence-corrected chi connectivity index (χ3v) is 3.33. The molecule has 2 heteroatoms. The molecule has 1 atom stereocenters. The first kappa shape index (κ1) is 14.9. The summed E-state index contributed by atoms with van der Waals surface area (Å²) in [6, 6.07) is 6.17. The van der Waals surface area contributed by atoms with E-state index in [1.165, 1.54) is 5.56 Å². The van der Waals surface area contributed by atoms with Crippen molar-refractivity contribution in [2.45, 2.75) is 40.5 Å². The minimum Gasteiger partial charge on any atom is -0.497 e. The van der Waals surface area contributed by atoms with E-state index in [9.17, 15) is 0 Å². The zero-order valence-electron chi connectivity index (χ0n) is 12.7. The Morgan fingerprint density at radius 3 is 1.61 bits per heavy atom. The SMILES string of the molecule is COc1cc(OC)cc(C(C(C)C)C(C)(C)C)c1. The van der Waals surface area contributed by atoms with Crippen LogP contribution in [-0.4, -0.2) is 14.2 Å². The molecule has 0 heterocycles. The Balaban J connectivity index is 3.27. The molecular formula is C16H26O2. The first-order chi connectivity index (χ1) is 8.29. The molecule has 0 aliphatic rings. The lowest BCUT2D eigenvalue weighted by Gasteiger charge is -2.34. The van der Waals surface area contributed by atoms with E-state index >= 15 is 0 Å². The summed E-state index contributed by atoms with van der Waals surface area (Å²) in [4.78, 5) is 0. The second kappa shape index (κ2) is 5.64. The first-order valence-corrected chi connectivity index (χ1v) is 6.52. The van der Waals surface area contributed by atoms with Gasteiger partial charge in [0.2, 0.25) is 0 Å². The van der Waals surface area contributed by atoms with Gasteiger partial charge in [0.05, 0.1) is 14.2 Å². The van der Waals surface area contributed by atoms with Gasteiger partial charge in [-0.25, -0.2) is 0 Å². The summed E-state index contributed by atoms with van der Waals surface area (Å²) in [5, 5.41) is 0. The molecule has 0 amide bonds. The molecule has 0 bridgehead atoms. The van der Waals surface area contributed by atoms with Gasteiger partial charge in [0.1, 0.15) is 11.5 Å². The standard InChI is InChI=1S/C16H26O2/c1-11(2)15(16(3,4)5)12-8-13(17-6)10-14(9-12)18-7/h8-11,15H,1-7H3. The van der Waals surface area contributed by atoms with Crippen LogP contribution in [0.1, 0.15) is 46.1 Å². The Morgan fingerprint density at radius 2 is 1.33 bits per heavy atom. The highest BCUT2D eigenvalue weighted by Gasteiger charge is 2.29. The van der Waals surface area contributed by atoms with E-state index < -0.39 is 0 Å². The van der Waals surface area contributed by atoms with Crippen LogP contribution >= 0.6 is 0 Å². The maximum atomic E-state index is 5.36. The van der Waals surface area contributed by atoms with Crippen LogP contribution in [0.4, 0.5) is 0 Å². The molecule has 2 nitrogen and oxygen atoms in total. The number of hydrogen-bond acceptors (Lipinski definition) is 2. The topological polar surface area (TPSA) is 18.5 Å². The molecule has 1 aromatic carbocycles. The van der Waals surface area contributed by atoms with Crippen LogP contribution in [0.2, 0.25) is 0 Å². The van der Waals surface area contributed by atoms with Gasteiger partial charge < -0.3 is 9.47 Å². The Bertz CT molecular complexity index is 366. The van der Waals surface area contributed by atoms with Crippen molar-refractivity contribution in [3.8, 4) is 11.5 Å². The summed E-state index contributed by atoms with van der Waals surface area (Å²) < 4.78 is 10.7. The molecule has 0 aromatic heterocycles. The van der Waals surface area contributed by atoms with E-state index in [-0.39, 0.29) is 5.41 Å². The molecule has 102 valence electrons. The minimum absolute atomic E-state index is 0.214. The number of hydrogen-bond donors (Lipinski definition) is 0. The third kappa shape index (κ3) is 3.41. The van der Waals surface area contributed by atoms with Crippen molar-refractivity contribution in [2.24, 2.45) is 11.3 Å². The summed E-state index contributed by atoms with van der Waals surface area (Å²) in [5.74, 6) is 2.77. The lowest BCUT2D eigenvalue weighted by atomic mass is 9.70. The van der Waals surface area contributed by atoms with Gasteiger partial charge in [-0.2, -0.15) is 0 Å². The van der Waals surface area contributed by atoms with E-state index in [1.807, 2.05) is 6.07 Å². The van der Waals surface area contributed by atoms with Crippen LogP contribution in [0.15, 0.2) is 18.2 Å². The molecule has 0 saturated carbocycles. The average molecular weight is 250 g/mol. The normalized spacial score (nSPS) is 13.6. The summed E-state index contributed by atoms with van der Waals surface area (Å²) in [7, 11) is 3.39. The third-order valence-electron chi connectivity index (χ3n) is 3.33. The molecule has 0 radical (unpaired) electrons. The second-order valence-corrected chi connectivity index (χ2v) is 6.23. The van der Waals surface area contributed by atoms with Gasteiger partial charge in [0.15, 0.2) is 0 Å². The number of methoxy groups -OCH3 is 2. The number of benzene rings is 1. The van der Waals surface area contributed by atoms with E-state index in [0.29, 0.717) is 11.8 Å². The lowest BCUT2D eigenvalue weighted by Crippen LogP contribution is -2.23. The van der Waals surface area contributed by atoms with E-state index in [0.717, 1.165) is 11.5 Å². The zero-order chi connectivity index (χ0) is 13.9. The molecule has 0 fully saturated rings. The summed E-state index contributed by atoms with van der Waals surface area (Å²) in [5.41, 5.74) is 1.50. The van der Waals surface area contributed by atoms with Crippen molar-refractivity contribution in [3.05, 3.63) is 23.8 Å². The quantitative estimate of drug-likeness (QED) is 0.784. The fraction of sp³-hybridized carbons (Fsp3) is 0.625. The fourth-order valence-electron chi connectivity index (χ4n) is 2.89. The van der Waals surface area contributed by atoms with Crippen LogP contribution < -0.4 is 9.47 Å². The van der Waals surface area contributed by atoms with Gasteiger partial charge >= 0.3 is 0 Å². The number of rotatable bonds is 4. The van der Waals surface area contributed by atoms with Gasteiger partial charge in [-0.3, -0.25) is 0 Å². The highest BCUT2D eigenvalue weighted by atomic mass is 16.5. The van der Waals surface area contributed by atoms with Crippen molar-refractivity contribution < 1.29 is 9.47 Å². The van der Waals surface area contributed by atoms with Gasteiger partial charge in [-0.1, -0.05) is 34.6 Å². The molecule has 0 aliphatic carbocycles. The van der Waals surface area contributed by atoms with Crippen LogP contribution in [0, 0.1) is 11.3 Å². The van der Waals surface area contributed by atoms with Crippen molar-refractivity contribution in [3.63, 3.8) is 0 Å². The maximum absolute atomic E-state index is 5.36. The summed E-state index contributed by atoms with van der Waals surface area (Å²) in [6.07, 6.45) is 0. The smallest absolute Gasteiger partial charge is 0.122 e.